The van der Waals surface area contributed by atoms with Crippen LogP contribution in [0.4, 0.5) is 5.69 Å². The van der Waals surface area contributed by atoms with Crippen molar-refractivity contribution in [1.29, 1.82) is 0 Å². The van der Waals surface area contributed by atoms with Crippen molar-refractivity contribution in [1.82, 2.24) is 10.0 Å². The summed E-state index contributed by atoms with van der Waals surface area (Å²) in [6.45, 7) is 4.04. The Kier molecular flexibility index (Phi) is 4.60. The van der Waals surface area contributed by atoms with Crippen molar-refractivity contribution in [3.63, 3.8) is 0 Å². The van der Waals surface area contributed by atoms with E-state index in [0.29, 0.717) is 6.54 Å². The summed E-state index contributed by atoms with van der Waals surface area (Å²) >= 11 is 0. The van der Waals surface area contributed by atoms with Crippen LogP contribution in [0.1, 0.15) is 19.8 Å². The monoisotopic (exact) mass is 313 g/mol. The highest BCUT2D eigenvalue weighted by Crippen LogP contribution is 2.25. The molecule has 2 rings (SSSR count). The minimum absolute atomic E-state index is 0.0796. The minimum Gasteiger partial charge on any atom is -0.316 e. The summed E-state index contributed by atoms with van der Waals surface area (Å²) in [5.74, 6) is 0. The summed E-state index contributed by atoms with van der Waals surface area (Å²) in [5.41, 5.74) is -0.366. The molecule has 0 amide bonds. The van der Waals surface area contributed by atoms with E-state index in [1.807, 2.05) is 6.92 Å². The van der Waals surface area contributed by atoms with Crippen LogP contribution in [-0.4, -0.2) is 33.0 Å². The molecule has 1 aliphatic rings. The normalized spacial score (nSPS) is 22.9. The van der Waals surface area contributed by atoms with Gasteiger partial charge >= 0.3 is 0 Å². The van der Waals surface area contributed by atoms with Crippen molar-refractivity contribution in [3.8, 4) is 0 Å². The second-order valence-electron chi connectivity index (χ2n) is 5.67. The zero-order valence-electron chi connectivity index (χ0n) is 11.8. The summed E-state index contributed by atoms with van der Waals surface area (Å²) in [6.07, 6.45) is 1.95. The molecular weight excluding hydrogens is 294 g/mol. The fourth-order valence-corrected chi connectivity index (χ4v) is 3.63. The highest BCUT2D eigenvalue weighted by molar-refractivity contribution is 7.89. The Morgan fingerprint density at radius 2 is 2.24 bits per heavy atom. The molecule has 0 bridgehead atoms. The van der Waals surface area contributed by atoms with Crippen molar-refractivity contribution >= 4 is 15.7 Å². The molecule has 1 saturated heterocycles. The van der Waals surface area contributed by atoms with E-state index in [1.165, 1.54) is 18.2 Å². The van der Waals surface area contributed by atoms with Gasteiger partial charge in [0.1, 0.15) is 0 Å². The Bertz CT molecular complexity index is 624. The van der Waals surface area contributed by atoms with E-state index in [-0.39, 0.29) is 16.0 Å². The van der Waals surface area contributed by atoms with Gasteiger partial charge in [0.2, 0.25) is 10.0 Å². The smallest absolute Gasteiger partial charge is 0.270 e. The number of nitro groups is 1. The third-order valence-electron chi connectivity index (χ3n) is 3.71. The summed E-state index contributed by atoms with van der Waals surface area (Å²) < 4.78 is 27.0. The molecule has 21 heavy (non-hydrogen) atoms. The number of sulfonamides is 1. The Morgan fingerprint density at radius 3 is 2.86 bits per heavy atom. The quantitative estimate of drug-likeness (QED) is 0.629. The Morgan fingerprint density at radius 1 is 1.48 bits per heavy atom. The van der Waals surface area contributed by atoms with Gasteiger partial charge < -0.3 is 5.32 Å². The van der Waals surface area contributed by atoms with E-state index in [1.54, 1.807) is 0 Å². The number of hydrogen-bond donors (Lipinski definition) is 2. The average Bonchev–Trinajstić information content (AvgIpc) is 2.46. The number of hydrogen-bond acceptors (Lipinski definition) is 5. The first-order valence-electron chi connectivity index (χ1n) is 6.77. The summed E-state index contributed by atoms with van der Waals surface area (Å²) in [4.78, 5) is 10.0. The molecule has 2 N–H and O–H groups in total. The van der Waals surface area contributed by atoms with Crippen LogP contribution in [0.2, 0.25) is 0 Å². The molecule has 1 aromatic rings. The molecule has 1 atom stereocenters. The van der Waals surface area contributed by atoms with Gasteiger partial charge in [-0.05, 0) is 30.9 Å². The van der Waals surface area contributed by atoms with Gasteiger partial charge in [-0.2, -0.15) is 0 Å². The maximum absolute atomic E-state index is 12.2. The van der Waals surface area contributed by atoms with Crippen LogP contribution < -0.4 is 10.0 Å². The predicted octanol–water partition coefficient (Wildman–Crippen LogP) is 1.26. The maximum Gasteiger partial charge on any atom is 0.270 e. The molecule has 1 unspecified atom stereocenters. The third kappa shape index (κ3) is 3.99. The predicted molar refractivity (Wildman–Crippen MR) is 78.5 cm³/mol. The lowest BCUT2D eigenvalue weighted by Crippen LogP contribution is -2.45. The average molecular weight is 313 g/mol. The third-order valence-corrected chi connectivity index (χ3v) is 5.11. The first-order valence-corrected chi connectivity index (χ1v) is 8.26. The van der Waals surface area contributed by atoms with E-state index in [9.17, 15) is 18.5 Å². The molecule has 1 heterocycles. The zero-order chi connectivity index (χ0) is 15.5. The number of rotatable bonds is 5. The molecule has 8 heteroatoms. The van der Waals surface area contributed by atoms with Crippen LogP contribution in [-0.2, 0) is 10.0 Å². The lowest BCUT2D eigenvalue weighted by Gasteiger charge is -2.34. The standard InChI is InChI=1S/C13H19N3O4S/c1-13(6-3-7-14-9-13)10-15-21(19,20)12-5-2-4-11(8-12)16(17)18/h2,4-5,8,14-15H,3,6-7,9-10H2,1H3. The van der Waals surface area contributed by atoms with E-state index in [4.69, 9.17) is 0 Å². The second-order valence-corrected chi connectivity index (χ2v) is 7.44. The van der Waals surface area contributed by atoms with Crippen molar-refractivity contribution in [2.24, 2.45) is 5.41 Å². The molecule has 1 aliphatic heterocycles. The van der Waals surface area contributed by atoms with Crippen LogP contribution in [0.25, 0.3) is 0 Å². The second kappa shape index (κ2) is 6.08. The SMILES string of the molecule is CC1(CNS(=O)(=O)c2cccc([N+](=O)[O-])c2)CCCNC1. The van der Waals surface area contributed by atoms with Gasteiger partial charge in [-0.1, -0.05) is 13.0 Å². The molecular formula is C13H19N3O4S. The van der Waals surface area contributed by atoms with Crippen LogP contribution in [0.15, 0.2) is 29.2 Å². The first-order chi connectivity index (χ1) is 9.82. The summed E-state index contributed by atoms with van der Waals surface area (Å²) in [7, 11) is -3.74. The molecule has 1 fully saturated rings. The van der Waals surface area contributed by atoms with Crippen LogP contribution in [0, 0.1) is 15.5 Å². The van der Waals surface area contributed by atoms with Crippen molar-refractivity contribution in [3.05, 3.63) is 34.4 Å². The van der Waals surface area contributed by atoms with Crippen LogP contribution in [0.3, 0.4) is 0 Å². The fourth-order valence-electron chi connectivity index (χ4n) is 2.39. The Hall–Kier alpha value is -1.51. The molecule has 116 valence electrons. The minimum atomic E-state index is -3.74. The fraction of sp³-hybridized carbons (Fsp3) is 0.538. The van der Waals surface area contributed by atoms with Gasteiger partial charge in [-0.25, -0.2) is 13.1 Å². The summed E-state index contributed by atoms with van der Waals surface area (Å²) in [5, 5.41) is 14.0. The molecule has 0 spiro atoms. The highest BCUT2D eigenvalue weighted by atomic mass is 32.2. The molecule has 0 radical (unpaired) electrons. The molecule has 7 nitrogen and oxygen atoms in total. The van der Waals surface area contributed by atoms with Crippen LogP contribution in [0.5, 0.6) is 0 Å². The number of nitrogens with zero attached hydrogens (tertiary/aromatic N) is 1. The summed E-state index contributed by atoms with van der Waals surface area (Å²) in [6, 6.07) is 5.07. The molecule has 0 saturated carbocycles. The molecule has 1 aromatic carbocycles. The van der Waals surface area contributed by atoms with Gasteiger partial charge in [0.05, 0.1) is 9.82 Å². The van der Waals surface area contributed by atoms with E-state index in [2.05, 4.69) is 10.0 Å². The van der Waals surface area contributed by atoms with E-state index < -0.39 is 14.9 Å². The highest BCUT2D eigenvalue weighted by Gasteiger charge is 2.29. The number of non-ortho nitro benzene ring substituents is 1. The zero-order valence-corrected chi connectivity index (χ0v) is 12.6. The Labute approximate surface area is 123 Å². The number of nitrogens with one attached hydrogen (secondary N) is 2. The number of piperidine rings is 1. The largest absolute Gasteiger partial charge is 0.316 e. The molecule has 0 aliphatic carbocycles. The van der Waals surface area contributed by atoms with Gasteiger partial charge in [0.15, 0.2) is 0 Å². The van der Waals surface area contributed by atoms with Crippen molar-refractivity contribution in [2.45, 2.75) is 24.7 Å². The Balaban J connectivity index is 2.11. The van der Waals surface area contributed by atoms with Gasteiger partial charge in [0.25, 0.3) is 5.69 Å². The maximum atomic E-state index is 12.2. The van der Waals surface area contributed by atoms with Crippen molar-refractivity contribution in [2.75, 3.05) is 19.6 Å². The molecule has 0 aromatic heterocycles. The number of benzene rings is 1. The van der Waals surface area contributed by atoms with E-state index in [0.717, 1.165) is 32.0 Å². The number of nitro benzene ring substituents is 1. The van der Waals surface area contributed by atoms with Gasteiger partial charge in [-0.15, -0.1) is 0 Å². The first kappa shape index (κ1) is 15.9. The van der Waals surface area contributed by atoms with E-state index >= 15 is 0 Å². The lowest BCUT2D eigenvalue weighted by atomic mass is 9.83. The van der Waals surface area contributed by atoms with Gasteiger partial charge in [0, 0.05) is 25.2 Å². The van der Waals surface area contributed by atoms with Gasteiger partial charge in [-0.3, -0.25) is 10.1 Å². The van der Waals surface area contributed by atoms with Crippen LogP contribution >= 0.6 is 0 Å². The lowest BCUT2D eigenvalue weighted by molar-refractivity contribution is -0.385. The van der Waals surface area contributed by atoms with Crippen molar-refractivity contribution < 1.29 is 13.3 Å². The topological polar surface area (TPSA) is 101 Å².